The van der Waals surface area contributed by atoms with E-state index in [-0.39, 0.29) is 93.5 Å². The molecule has 4 aromatic carbocycles. The average Bonchev–Trinajstić information content (AvgIpc) is 3.13. The fourth-order valence-electron chi connectivity index (χ4n) is 5.32. The molecular weight excluding hydrogens is 1070 g/mol. The number of ether oxygens (including phenoxy) is 2. The molecule has 2 amide bonds. The number of rotatable bonds is 4. The number of carbonyl (C=O) groups excluding carboxylic acids is 2. The van der Waals surface area contributed by atoms with Gasteiger partial charge in [0.25, 0.3) is 11.8 Å². The van der Waals surface area contributed by atoms with Gasteiger partial charge in [0, 0.05) is 25.9 Å². The molecule has 0 saturated carbocycles. The Labute approximate surface area is 364 Å². The number of halogens is 4. The maximum absolute atomic E-state index is 13.1. The first-order valence-electron chi connectivity index (χ1n) is 16.2. The first-order valence-corrected chi connectivity index (χ1v) is 22.1. The van der Waals surface area contributed by atoms with E-state index in [0.29, 0.717) is 25.6 Å². The van der Waals surface area contributed by atoms with Gasteiger partial charge in [0.05, 0.1) is 17.9 Å². The third-order valence-corrected chi connectivity index (χ3v) is 11.0. The predicted octanol–water partition coefficient (Wildman–Crippen LogP) is 6.46. The summed E-state index contributed by atoms with van der Waals surface area (Å²) in [4.78, 5) is 26.2. The summed E-state index contributed by atoms with van der Waals surface area (Å²) in [6, 6.07) is 15.0. The lowest BCUT2D eigenvalue weighted by Gasteiger charge is -2.16. The van der Waals surface area contributed by atoms with E-state index in [1.165, 1.54) is 42.5 Å². The first-order chi connectivity index (χ1) is 27.3. The topological polar surface area (TPSA) is 269 Å². The van der Waals surface area contributed by atoms with Crippen LogP contribution in [-0.2, 0) is 56.1 Å². The van der Waals surface area contributed by atoms with E-state index >= 15 is 0 Å². The molecule has 24 heteroatoms. The molecule has 58 heavy (non-hydrogen) atoms. The largest absolute Gasteiger partial charge is 0.452 e. The number of nitrogens with zero attached hydrogens (tertiary/aromatic N) is 2. The van der Waals surface area contributed by atoms with Crippen molar-refractivity contribution in [3.8, 4) is 34.5 Å². The van der Waals surface area contributed by atoms with Crippen LogP contribution >= 0.6 is 63.7 Å². The van der Waals surface area contributed by atoms with E-state index in [1.54, 1.807) is 18.2 Å². The highest BCUT2D eigenvalue weighted by molar-refractivity contribution is 9.11. The Morgan fingerprint density at radius 2 is 0.948 bits per heavy atom. The van der Waals surface area contributed by atoms with Crippen LogP contribution in [0.4, 0.5) is 0 Å². The number of benzene rings is 4. The molecule has 0 saturated heterocycles. The molecule has 0 atom stereocenters. The fourth-order valence-corrected chi connectivity index (χ4v) is 8.46. The summed E-state index contributed by atoms with van der Waals surface area (Å²) in [6.45, 7) is 0.0963. The summed E-state index contributed by atoms with van der Waals surface area (Å²) in [5.74, 6) is -2.31. The zero-order chi connectivity index (χ0) is 42.4. The second-order valence-electron chi connectivity index (χ2n) is 12.0. The van der Waals surface area contributed by atoms with Gasteiger partial charge < -0.3 is 38.9 Å². The normalized spacial score (nSPS) is 16.1. The minimum atomic E-state index is -5.05. The summed E-state index contributed by atoms with van der Waals surface area (Å²) in [5.41, 5.74) is 1.39. The van der Waals surface area contributed by atoms with Crippen molar-refractivity contribution in [2.45, 2.75) is 25.7 Å². The number of hydrogen-bond acceptors (Lipinski definition) is 14. The molecule has 4 aliphatic rings. The third kappa shape index (κ3) is 12.4. The second-order valence-corrected chi connectivity index (χ2v) is 17.5. The Balaban J connectivity index is 1.51. The van der Waals surface area contributed by atoms with Gasteiger partial charge >= 0.3 is 20.8 Å². The molecule has 0 fully saturated rings. The van der Waals surface area contributed by atoms with Crippen LogP contribution in [0.15, 0.2) is 88.9 Å². The first kappa shape index (κ1) is 44.8. The molecule has 4 aliphatic heterocycles. The van der Waals surface area contributed by atoms with Crippen LogP contribution in [-0.4, -0.2) is 72.7 Å². The van der Waals surface area contributed by atoms with Crippen LogP contribution in [0.25, 0.3) is 0 Å². The Morgan fingerprint density at radius 3 is 1.41 bits per heavy atom. The molecule has 8 rings (SSSR count). The third-order valence-electron chi connectivity index (χ3n) is 7.86. The quantitative estimate of drug-likeness (QED) is 0.0728. The molecule has 0 spiro atoms. The molecule has 4 aromatic rings. The molecule has 4 heterocycles. The second kappa shape index (κ2) is 19.2. The van der Waals surface area contributed by atoms with Crippen LogP contribution in [0.5, 0.6) is 34.5 Å². The molecule has 6 N–H and O–H groups in total. The monoisotopic (exact) mass is 1100 g/mol. The van der Waals surface area contributed by atoms with Crippen LogP contribution in [0.2, 0.25) is 0 Å². The predicted molar refractivity (Wildman–Crippen MR) is 220 cm³/mol. The van der Waals surface area contributed by atoms with E-state index in [9.17, 15) is 45.9 Å². The van der Waals surface area contributed by atoms with Crippen molar-refractivity contribution in [3.63, 3.8) is 0 Å². The molecule has 0 aliphatic carbocycles. The number of nitrogens with one attached hydrogen (secondary N) is 2. The molecule has 0 unspecified atom stereocenters. The van der Waals surface area contributed by atoms with Gasteiger partial charge in [0.2, 0.25) is 11.5 Å². The van der Waals surface area contributed by atoms with Crippen LogP contribution < -0.4 is 28.5 Å². The van der Waals surface area contributed by atoms with Crippen molar-refractivity contribution >= 4 is 108 Å². The Kier molecular flexibility index (Phi) is 14.8. The zero-order valence-corrected chi connectivity index (χ0v) is 37.1. The standard InChI is InChI=1S/C34H28Br4N4O14S2/c35-21-9-17-1-3-27(21)53-29-15-19(11-23(37)31(29)55-57(47,48)49)6-8-40-33(43)25(41-45)13-18-2-4-28(22(36)10-18)54-30-16-20(12-24(38)32(30)56-58(50,51)52)14-26(42-46)34(44)39-7-5-17/h1-4,9-12,15-16,45-46H,5-8,13-14H2,(H,39,44)(H,40,43)(H,47,48,49)(H,50,51,52). The van der Waals surface area contributed by atoms with Gasteiger partial charge in [-0.2, -0.15) is 16.8 Å². The number of hydrogen-bond donors (Lipinski definition) is 6. The van der Waals surface area contributed by atoms with E-state index in [4.69, 9.17) is 17.8 Å². The van der Waals surface area contributed by atoms with Crippen LogP contribution in [0, 0.1) is 0 Å². The van der Waals surface area contributed by atoms with Crippen LogP contribution in [0.3, 0.4) is 0 Å². The van der Waals surface area contributed by atoms with Crippen molar-refractivity contribution in [2.75, 3.05) is 13.1 Å². The Morgan fingerprint density at radius 1 is 0.552 bits per heavy atom. The summed E-state index contributed by atoms with van der Waals surface area (Å²) >= 11 is 13.2. The lowest BCUT2D eigenvalue weighted by molar-refractivity contribution is -0.115. The fraction of sp³-hybridized carbons (Fsp3) is 0.176. The van der Waals surface area contributed by atoms with Crippen molar-refractivity contribution < 1.29 is 63.8 Å². The molecule has 0 aromatic heterocycles. The summed E-state index contributed by atoms with van der Waals surface area (Å²) in [7, 11) is -10.0. The van der Waals surface area contributed by atoms with Gasteiger partial charge in [-0.15, -0.1) is 0 Å². The number of amides is 2. The summed E-state index contributed by atoms with van der Waals surface area (Å²) in [5, 5.41) is 31.1. The van der Waals surface area contributed by atoms with Crippen molar-refractivity contribution in [2.24, 2.45) is 10.3 Å². The van der Waals surface area contributed by atoms with Gasteiger partial charge in [-0.1, -0.05) is 22.4 Å². The maximum atomic E-state index is 13.1. The SMILES string of the molecule is O=C1NCCc2cc(Br)c(OS(=O)(=O)O)c(c2)Oc2ccc(cc2Br)CCNC(=O)C(=NO)Cc2cc(Br)c(OS(=O)(=O)O)c(c2)Oc2ccc(cc2Br)CC1=NO. The Hall–Kier alpha value is -4.30. The average molecular weight is 1100 g/mol. The number of oxime groups is 2. The molecule has 8 bridgehead atoms. The molecular formula is C34H28Br4N4O14S2. The highest BCUT2D eigenvalue weighted by Crippen LogP contribution is 2.43. The van der Waals surface area contributed by atoms with E-state index in [1.807, 2.05) is 0 Å². The summed E-state index contributed by atoms with van der Waals surface area (Å²) in [6.07, 6.45) is 0.00367. The zero-order valence-electron chi connectivity index (χ0n) is 29.1. The van der Waals surface area contributed by atoms with Gasteiger partial charge in [-0.05, 0) is 147 Å². The lowest BCUT2D eigenvalue weighted by atomic mass is 10.1. The smallest absolute Gasteiger partial charge is 0.446 e. The highest BCUT2D eigenvalue weighted by Gasteiger charge is 2.24. The van der Waals surface area contributed by atoms with Crippen molar-refractivity contribution in [1.82, 2.24) is 10.6 Å². The van der Waals surface area contributed by atoms with E-state index < -0.39 is 38.4 Å². The van der Waals surface area contributed by atoms with Crippen LogP contribution in [0.1, 0.15) is 22.3 Å². The van der Waals surface area contributed by atoms with Gasteiger partial charge in [0.1, 0.15) is 22.9 Å². The maximum Gasteiger partial charge on any atom is 0.446 e. The Bertz CT molecular complexity index is 2560. The molecule has 308 valence electrons. The lowest BCUT2D eigenvalue weighted by Crippen LogP contribution is -2.33. The minimum absolute atomic E-state index is 0.0158. The van der Waals surface area contributed by atoms with Gasteiger partial charge in [0.15, 0.2) is 11.5 Å². The minimum Gasteiger partial charge on any atom is -0.452 e. The summed E-state index contributed by atoms with van der Waals surface area (Å²) < 4.78 is 88.2. The van der Waals surface area contributed by atoms with E-state index in [0.717, 1.165) is 0 Å². The van der Waals surface area contributed by atoms with Gasteiger partial charge in [-0.3, -0.25) is 18.7 Å². The van der Waals surface area contributed by atoms with Crippen molar-refractivity contribution in [1.29, 1.82) is 0 Å². The van der Waals surface area contributed by atoms with Crippen molar-refractivity contribution in [3.05, 3.63) is 101 Å². The van der Waals surface area contributed by atoms with Gasteiger partial charge in [-0.25, -0.2) is 0 Å². The molecule has 0 radical (unpaired) electrons. The highest BCUT2D eigenvalue weighted by atomic mass is 79.9. The molecule has 18 nitrogen and oxygen atoms in total. The van der Waals surface area contributed by atoms with E-state index in [2.05, 4.69) is 84.7 Å². The number of carbonyl (C=O) groups is 2.